The van der Waals surface area contributed by atoms with Gasteiger partial charge in [0.2, 0.25) is 5.91 Å². The van der Waals surface area contributed by atoms with Gasteiger partial charge in [-0.15, -0.1) is 0 Å². The van der Waals surface area contributed by atoms with Crippen molar-refractivity contribution in [1.29, 1.82) is 0 Å². The minimum Gasteiger partial charge on any atom is -0.392 e. The van der Waals surface area contributed by atoms with Gasteiger partial charge in [0.25, 0.3) is 5.56 Å². The summed E-state index contributed by atoms with van der Waals surface area (Å²) in [5, 5.41) is 12.7. The lowest BCUT2D eigenvalue weighted by molar-refractivity contribution is -0.117. The number of rotatable bonds is 3. The van der Waals surface area contributed by atoms with Crippen molar-refractivity contribution >= 4 is 17.5 Å². The van der Waals surface area contributed by atoms with E-state index >= 15 is 0 Å². The number of aliphatic hydroxyl groups is 1. The topological polar surface area (TPSA) is 98.2 Å². The van der Waals surface area contributed by atoms with Crippen LogP contribution in [0.2, 0.25) is 5.15 Å². The lowest BCUT2D eigenvalue weighted by atomic mass is 10.1. The zero-order chi connectivity index (χ0) is 11.6. The molecule has 1 aromatic heterocycles. The van der Waals surface area contributed by atoms with Gasteiger partial charge >= 0.3 is 0 Å². The molecule has 0 spiro atoms. The Morgan fingerprint density at radius 1 is 1.60 bits per heavy atom. The SMILES string of the molecule is Cn1nc(Cl)c(CO)c(CC(N)=O)c1=O. The number of carbonyl (C=O) groups is 1. The van der Waals surface area contributed by atoms with Crippen LogP contribution in [0.1, 0.15) is 11.1 Å². The van der Waals surface area contributed by atoms with Crippen molar-refractivity contribution in [1.82, 2.24) is 9.78 Å². The van der Waals surface area contributed by atoms with Gasteiger partial charge in [-0.05, 0) is 0 Å². The molecule has 15 heavy (non-hydrogen) atoms. The van der Waals surface area contributed by atoms with Gasteiger partial charge < -0.3 is 10.8 Å². The molecule has 0 aliphatic heterocycles. The highest BCUT2D eigenvalue weighted by Gasteiger charge is 2.15. The molecule has 0 aliphatic carbocycles. The Hall–Kier alpha value is -1.40. The maximum Gasteiger partial charge on any atom is 0.270 e. The van der Waals surface area contributed by atoms with Gasteiger partial charge in [-0.1, -0.05) is 11.6 Å². The van der Waals surface area contributed by atoms with E-state index < -0.39 is 18.1 Å². The summed E-state index contributed by atoms with van der Waals surface area (Å²) in [6.07, 6.45) is -0.259. The summed E-state index contributed by atoms with van der Waals surface area (Å²) >= 11 is 5.71. The summed E-state index contributed by atoms with van der Waals surface area (Å²) in [4.78, 5) is 22.3. The fourth-order valence-corrected chi connectivity index (χ4v) is 1.49. The highest BCUT2D eigenvalue weighted by molar-refractivity contribution is 6.30. The van der Waals surface area contributed by atoms with E-state index in [2.05, 4.69) is 5.10 Å². The fraction of sp³-hybridized carbons (Fsp3) is 0.375. The maximum absolute atomic E-state index is 11.6. The number of hydrogen-bond acceptors (Lipinski definition) is 4. The van der Waals surface area contributed by atoms with E-state index in [1.165, 1.54) is 7.05 Å². The molecule has 0 atom stereocenters. The molecule has 3 N–H and O–H groups in total. The lowest BCUT2D eigenvalue weighted by Gasteiger charge is -2.08. The van der Waals surface area contributed by atoms with Crippen LogP contribution in [0.4, 0.5) is 0 Å². The summed E-state index contributed by atoms with van der Waals surface area (Å²) in [6, 6.07) is 0. The quantitative estimate of drug-likeness (QED) is 0.694. The standard InChI is InChI=1S/C8H10ClN3O3/c1-12-8(15)4(2-6(10)14)5(3-13)7(9)11-12/h13H,2-3H2,1H3,(H2,10,14). The third-order valence-electron chi connectivity index (χ3n) is 1.91. The van der Waals surface area contributed by atoms with Crippen molar-refractivity contribution in [3.8, 4) is 0 Å². The van der Waals surface area contributed by atoms with Gasteiger partial charge in [0, 0.05) is 18.2 Å². The first kappa shape index (κ1) is 11.7. The Bertz CT molecular complexity index is 455. The molecule has 0 aliphatic rings. The van der Waals surface area contributed by atoms with E-state index in [0.717, 1.165) is 4.68 Å². The van der Waals surface area contributed by atoms with Gasteiger partial charge in [-0.25, -0.2) is 4.68 Å². The number of nitrogens with zero attached hydrogens (tertiary/aromatic N) is 2. The number of amides is 1. The third-order valence-corrected chi connectivity index (χ3v) is 2.22. The van der Waals surface area contributed by atoms with Crippen LogP contribution < -0.4 is 11.3 Å². The van der Waals surface area contributed by atoms with Gasteiger partial charge in [-0.2, -0.15) is 5.10 Å². The molecule has 1 heterocycles. The molecule has 1 rings (SSSR count). The van der Waals surface area contributed by atoms with Crippen LogP contribution in [-0.2, 0) is 24.9 Å². The van der Waals surface area contributed by atoms with E-state index in [1.54, 1.807) is 0 Å². The molecule has 1 amide bonds. The van der Waals surface area contributed by atoms with E-state index in [4.69, 9.17) is 22.4 Å². The summed E-state index contributed by atoms with van der Waals surface area (Å²) in [5.74, 6) is -0.663. The smallest absolute Gasteiger partial charge is 0.270 e. The number of halogens is 1. The molecule has 82 valence electrons. The molecule has 0 radical (unpaired) electrons. The van der Waals surface area contributed by atoms with Crippen molar-refractivity contribution in [2.24, 2.45) is 12.8 Å². The normalized spacial score (nSPS) is 10.3. The number of aryl methyl sites for hydroxylation is 1. The molecule has 6 nitrogen and oxygen atoms in total. The molecule has 1 aromatic rings. The Balaban J connectivity index is 3.43. The highest BCUT2D eigenvalue weighted by atomic mass is 35.5. The first-order valence-corrected chi connectivity index (χ1v) is 4.49. The van der Waals surface area contributed by atoms with Crippen LogP contribution >= 0.6 is 11.6 Å². The van der Waals surface area contributed by atoms with Crippen molar-refractivity contribution < 1.29 is 9.90 Å². The molecule has 0 unspecified atom stereocenters. The predicted octanol–water partition coefficient (Wildman–Crippen LogP) is -1.05. The first-order chi connectivity index (χ1) is 6.97. The second kappa shape index (κ2) is 4.41. The number of nitrogens with two attached hydrogens (primary N) is 1. The molecule has 7 heteroatoms. The van der Waals surface area contributed by atoms with Gasteiger partial charge in [-0.3, -0.25) is 9.59 Å². The molecular weight excluding hydrogens is 222 g/mol. The second-order valence-electron chi connectivity index (χ2n) is 2.98. The number of hydrogen-bond donors (Lipinski definition) is 2. The maximum atomic E-state index is 11.6. The van der Waals surface area contributed by atoms with Gasteiger partial charge in [0.05, 0.1) is 13.0 Å². The van der Waals surface area contributed by atoms with E-state index in [1.807, 2.05) is 0 Å². The molecule has 0 saturated heterocycles. The number of aromatic nitrogens is 2. The molecular formula is C8H10ClN3O3. The van der Waals surface area contributed by atoms with Crippen LogP contribution in [0.5, 0.6) is 0 Å². The third kappa shape index (κ3) is 2.34. The van der Waals surface area contributed by atoms with Crippen LogP contribution in [0, 0.1) is 0 Å². The number of carbonyl (C=O) groups excluding carboxylic acids is 1. The first-order valence-electron chi connectivity index (χ1n) is 4.11. The molecule has 0 aromatic carbocycles. The largest absolute Gasteiger partial charge is 0.392 e. The van der Waals surface area contributed by atoms with E-state index in [0.29, 0.717) is 0 Å². The molecule has 0 bridgehead atoms. The van der Waals surface area contributed by atoms with Crippen LogP contribution in [0.15, 0.2) is 4.79 Å². The zero-order valence-corrected chi connectivity index (χ0v) is 8.78. The van der Waals surface area contributed by atoms with Crippen LogP contribution in [0.3, 0.4) is 0 Å². The highest BCUT2D eigenvalue weighted by Crippen LogP contribution is 2.14. The summed E-state index contributed by atoms with van der Waals surface area (Å²) < 4.78 is 1.000. The fourth-order valence-electron chi connectivity index (χ4n) is 1.20. The minimum absolute atomic E-state index is 0.00384. The Labute approximate surface area is 90.3 Å². The molecule has 0 saturated carbocycles. The van der Waals surface area contributed by atoms with Gasteiger partial charge in [0.1, 0.15) is 0 Å². The summed E-state index contributed by atoms with van der Waals surface area (Å²) in [5.41, 5.74) is 4.74. The van der Waals surface area contributed by atoms with Gasteiger partial charge in [0.15, 0.2) is 5.15 Å². The molecule has 0 fully saturated rings. The van der Waals surface area contributed by atoms with Crippen LogP contribution in [0.25, 0.3) is 0 Å². The average Bonchev–Trinajstić information content (AvgIpc) is 2.13. The minimum atomic E-state index is -0.663. The van der Waals surface area contributed by atoms with Crippen molar-refractivity contribution in [2.45, 2.75) is 13.0 Å². The second-order valence-corrected chi connectivity index (χ2v) is 3.34. The number of primary amides is 1. The summed E-state index contributed by atoms with van der Waals surface area (Å²) in [6.45, 7) is -0.454. The zero-order valence-electron chi connectivity index (χ0n) is 8.03. The Kier molecular flexibility index (Phi) is 3.43. The van der Waals surface area contributed by atoms with Crippen molar-refractivity contribution in [3.63, 3.8) is 0 Å². The van der Waals surface area contributed by atoms with Crippen LogP contribution in [-0.4, -0.2) is 20.8 Å². The Morgan fingerprint density at radius 2 is 2.20 bits per heavy atom. The number of aliphatic hydroxyl groups excluding tert-OH is 1. The summed E-state index contributed by atoms with van der Waals surface area (Å²) in [7, 11) is 1.40. The Morgan fingerprint density at radius 3 is 2.67 bits per heavy atom. The predicted molar refractivity (Wildman–Crippen MR) is 53.3 cm³/mol. The van der Waals surface area contributed by atoms with E-state index in [9.17, 15) is 9.59 Å². The average molecular weight is 232 g/mol. The van der Waals surface area contributed by atoms with Crippen molar-refractivity contribution in [2.75, 3.05) is 0 Å². The lowest BCUT2D eigenvalue weighted by Crippen LogP contribution is -2.29. The van der Waals surface area contributed by atoms with Crippen molar-refractivity contribution in [3.05, 3.63) is 26.6 Å². The monoisotopic (exact) mass is 231 g/mol. The van der Waals surface area contributed by atoms with E-state index in [-0.39, 0.29) is 22.7 Å².